The highest BCUT2D eigenvalue weighted by molar-refractivity contribution is 7.84. The third kappa shape index (κ3) is 11.8. The Hall–Kier alpha value is -4.61. The highest BCUT2D eigenvalue weighted by Gasteiger charge is 2.52. The molecule has 0 spiro atoms. The van der Waals surface area contributed by atoms with E-state index in [0.29, 0.717) is 58.0 Å². The molecule has 6 N–H and O–H groups in total. The summed E-state index contributed by atoms with van der Waals surface area (Å²) in [6.45, 7) is 31.4. The fourth-order valence-electron chi connectivity index (χ4n) is 11.0. The zero-order valence-electron chi connectivity index (χ0n) is 45.4. The molecule has 0 aromatic carbocycles. The molecule has 400 valence electrons. The van der Waals surface area contributed by atoms with Crippen LogP contribution in [0.5, 0.6) is 0 Å². The number of aliphatic hydroxyl groups is 2. The average Bonchev–Trinajstić information content (AvgIpc) is 3.89. The molecule has 6 rings (SSSR count). The van der Waals surface area contributed by atoms with Gasteiger partial charge in [-0.25, -0.2) is 20.2 Å². The van der Waals surface area contributed by atoms with E-state index in [0.717, 1.165) is 22.5 Å². The summed E-state index contributed by atoms with van der Waals surface area (Å²) in [7, 11) is -4.51. The number of carbonyl (C=O) groups excluding carboxylic acids is 2. The topological polar surface area (TPSA) is 268 Å². The molecule has 0 amide bonds. The fraction of sp³-hybridized carbons (Fsp3) is 0.627. The zero-order chi connectivity index (χ0) is 54.8. The Bertz CT molecular complexity index is 2720. The maximum absolute atomic E-state index is 14.0. The van der Waals surface area contributed by atoms with E-state index < -0.39 is 55.5 Å². The number of hydrogen-bond donors (Lipinski definition) is 4. The third-order valence-electron chi connectivity index (χ3n) is 15.4. The second kappa shape index (κ2) is 20.6. The van der Waals surface area contributed by atoms with Gasteiger partial charge in [0.2, 0.25) is 0 Å². The molecule has 72 heavy (non-hydrogen) atoms. The number of nitrogens with zero attached hydrogens (tertiary/aromatic N) is 7. The van der Waals surface area contributed by atoms with E-state index in [2.05, 4.69) is 65.6 Å². The van der Waals surface area contributed by atoms with Gasteiger partial charge in [-0.15, -0.1) is 0 Å². The molecule has 2 aliphatic rings. The fourth-order valence-corrected chi connectivity index (χ4v) is 11.7. The summed E-state index contributed by atoms with van der Waals surface area (Å²) >= 11 is 0. The number of hydrogen-bond acceptors (Lipinski definition) is 15. The summed E-state index contributed by atoms with van der Waals surface area (Å²) in [4.78, 5) is 45.1. The SMILES string of the molecule is Cc1nccc(N(C)[C@@H]2CC(COS(N)(=O)=O)[C@@H](O)C2(C)C)c1C(=O)c1cn(C(C)(C)C)c(C)c1C.Cc1ncnc(N(C)[C@@H]2CC(COS(N)(=O)=O)[C@@H](O)C2(C)C)c1C(=O)c1cn(C(C)(C)C)c(C)c1C. The van der Waals surface area contributed by atoms with E-state index in [1.165, 1.54) is 6.33 Å². The Labute approximate surface area is 427 Å². The number of pyridine rings is 1. The van der Waals surface area contributed by atoms with Crippen molar-refractivity contribution in [3.8, 4) is 0 Å². The molecule has 2 saturated carbocycles. The maximum Gasteiger partial charge on any atom is 0.333 e. The summed E-state index contributed by atoms with van der Waals surface area (Å²) in [6, 6.07) is 1.36. The Morgan fingerprint density at radius 1 is 0.681 bits per heavy atom. The van der Waals surface area contributed by atoms with Crippen molar-refractivity contribution in [1.82, 2.24) is 24.1 Å². The van der Waals surface area contributed by atoms with Gasteiger partial charge in [-0.3, -0.25) is 22.9 Å². The van der Waals surface area contributed by atoms with Crippen molar-refractivity contribution in [3.63, 3.8) is 0 Å². The number of aryl methyl sites for hydroxylation is 2. The first-order valence-corrected chi connectivity index (χ1v) is 27.1. The molecular formula is C51H79N9O10S2. The largest absolute Gasteiger partial charge is 0.392 e. The Kier molecular flexibility index (Phi) is 16.7. The average molecular weight is 1040 g/mol. The first-order valence-electron chi connectivity index (χ1n) is 24.2. The Morgan fingerprint density at radius 2 is 1.07 bits per heavy atom. The predicted octanol–water partition coefficient (Wildman–Crippen LogP) is 5.85. The molecule has 0 bridgehead atoms. The van der Waals surface area contributed by atoms with E-state index >= 15 is 0 Å². The number of aliphatic hydroxyl groups excluding tert-OH is 2. The minimum absolute atomic E-state index is 0.100. The predicted molar refractivity (Wildman–Crippen MR) is 279 cm³/mol. The number of aromatic nitrogens is 5. The normalized spacial score (nSPS) is 22.1. The van der Waals surface area contributed by atoms with Crippen molar-refractivity contribution in [2.75, 3.05) is 37.1 Å². The van der Waals surface area contributed by atoms with Crippen LogP contribution in [0.4, 0.5) is 11.5 Å². The van der Waals surface area contributed by atoms with Gasteiger partial charge in [0, 0.05) is 101 Å². The lowest BCUT2D eigenvalue weighted by atomic mass is 9.83. The molecule has 21 heteroatoms. The minimum atomic E-state index is -4.12. The van der Waals surface area contributed by atoms with Crippen LogP contribution >= 0.6 is 0 Å². The second-order valence-electron chi connectivity index (χ2n) is 23.0. The molecule has 6 atom stereocenters. The van der Waals surface area contributed by atoms with Gasteiger partial charge < -0.3 is 29.1 Å². The number of rotatable bonds is 14. The van der Waals surface area contributed by atoms with Crippen LogP contribution in [0.1, 0.15) is 148 Å². The van der Waals surface area contributed by atoms with Crippen LogP contribution in [0.2, 0.25) is 0 Å². The van der Waals surface area contributed by atoms with Crippen molar-refractivity contribution in [2.24, 2.45) is 32.9 Å². The molecule has 2 fully saturated rings. The molecular weight excluding hydrogens is 963 g/mol. The molecule has 4 aromatic rings. The number of carbonyl (C=O) groups is 2. The summed E-state index contributed by atoms with van der Waals surface area (Å²) in [5, 5.41) is 32.0. The van der Waals surface area contributed by atoms with E-state index in [9.17, 15) is 36.6 Å². The van der Waals surface area contributed by atoms with E-state index in [1.54, 1.807) is 13.1 Å². The van der Waals surface area contributed by atoms with Crippen LogP contribution in [0.3, 0.4) is 0 Å². The minimum Gasteiger partial charge on any atom is -0.392 e. The van der Waals surface area contributed by atoms with Crippen LogP contribution in [0.25, 0.3) is 0 Å². The lowest BCUT2D eigenvalue weighted by Gasteiger charge is -2.38. The third-order valence-corrected chi connectivity index (χ3v) is 16.3. The number of anilines is 2. The van der Waals surface area contributed by atoms with Gasteiger partial charge in [0.15, 0.2) is 11.6 Å². The molecule has 2 aliphatic carbocycles. The van der Waals surface area contributed by atoms with Crippen molar-refractivity contribution in [2.45, 2.75) is 159 Å². The van der Waals surface area contributed by atoms with E-state index in [1.807, 2.05) is 105 Å². The first kappa shape index (κ1) is 58.3. The summed E-state index contributed by atoms with van der Waals surface area (Å²) in [5.41, 5.74) is 6.33. The van der Waals surface area contributed by atoms with Gasteiger partial charge >= 0.3 is 20.6 Å². The van der Waals surface area contributed by atoms with Crippen LogP contribution in [0, 0.1) is 64.2 Å². The molecule has 2 unspecified atom stereocenters. The van der Waals surface area contributed by atoms with Gasteiger partial charge in [0.05, 0.1) is 53.6 Å². The zero-order valence-corrected chi connectivity index (χ0v) is 47.1. The van der Waals surface area contributed by atoms with Crippen LogP contribution < -0.4 is 20.1 Å². The molecule has 19 nitrogen and oxygen atoms in total. The summed E-state index contributed by atoms with van der Waals surface area (Å²) < 4.78 is 59.1. The van der Waals surface area contributed by atoms with Crippen LogP contribution in [-0.2, 0) is 40.1 Å². The van der Waals surface area contributed by atoms with Crippen molar-refractivity contribution >= 4 is 43.7 Å². The lowest BCUT2D eigenvalue weighted by Crippen LogP contribution is -2.44. The standard InChI is InChI=1S/C26H40N4O5S.C25H39N5O5S/c1-15-17(3)30(25(4,5)6)13-19(15)23(31)22-16(2)28-11-10-20(22)29(9)21-12-18(14-35-36(27,33)34)24(32)26(21,7)8;1-14-16(3)30(24(4,5)6)11-18(14)21(31)20-15(2)27-13-28-23(20)29(9)19-10-17(12-35-36(26,33)34)22(32)25(19,7)8/h10-11,13,18,21,24,32H,12,14H2,1-9H3,(H2,27,33,34);11,13,17,19,22,32H,10,12H2,1-9H3,(H2,26,33,34)/t18?,21-,24-;17?,19-,22-/m11/s1. The quantitative estimate of drug-likeness (QED) is 0.108. The summed E-state index contributed by atoms with van der Waals surface area (Å²) in [5.74, 6) is -0.691. The number of ketones is 2. The van der Waals surface area contributed by atoms with Gasteiger partial charge in [0.25, 0.3) is 0 Å². The van der Waals surface area contributed by atoms with Gasteiger partial charge in [-0.1, -0.05) is 27.7 Å². The smallest absolute Gasteiger partial charge is 0.333 e. The number of nitrogens with two attached hydrogens (primary N) is 2. The maximum atomic E-state index is 14.0. The lowest BCUT2D eigenvalue weighted by molar-refractivity contribution is 0.0264. The first-order chi connectivity index (χ1) is 32.7. The second-order valence-corrected chi connectivity index (χ2v) is 25.5. The van der Waals surface area contributed by atoms with Crippen LogP contribution in [-0.4, -0.2) is 114 Å². The highest BCUT2D eigenvalue weighted by atomic mass is 32.2. The molecule has 0 aliphatic heterocycles. The van der Waals surface area contributed by atoms with Gasteiger partial charge in [0.1, 0.15) is 12.1 Å². The summed E-state index contributed by atoms with van der Waals surface area (Å²) in [6.07, 6.45) is 6.15. The van der Waals surface area contributed by atoms with Crippen molar-refractivity contribution < 1.29 is 45.0 Å². The monoisotopic (exact) mass is 1040 g/mol. The van der Waals surface area contributed by atoms with Gasteiger partial charge in [-0.05, 0) is 113 Å². The molecule has 4 heterocycles. The molecule has 0 saturated heterocycles. The van der Waals surface area contributed by atoms with Gasteiger partial charge in [-0.2, -0.15) is 16.8 Å². The van der Waals surface area contributed by atoms with Crippen LogP contribution in [0.15, 0.2) is 31.0 Å². The van der Waals surface area contributed by atoms with E-state index in [-0.39, 0.29) is 47.9 Å². The Morgan fingerprint density at radius 3 is 1.46 bits per heavy atom. The highest BCUT2D eigenvalue weighted by Crippen LogP contribution is 2.47. The molecule has 4 aromatic heterocycles. The molecule has 0 radical (unpaired) electrons. The van der Waals surface area contributed by atoms with E-state index in [4.69, 9.17) is 18.6 Å². The van der Waals surface area contributed by atoms with Crippen molar-refractivity contribution in [3.05, 3.63) is 87.1 Å². The van der Waals surface area contributed by atoms with Crippen molar-refractivity contribution in [1.29, 1.82) is 0 Å². The Balaban J connectivity index is 0.000000267.